The van der Waals surface area contributed by atoms with Crippen molar-refractivity contribution < 1.29 is 23.8 Å². The molecule has 7 atom stereocenters. The summed E-state index contributed by atoms with van der Waals surface area (Å²) in [6.45, 7) is 3.35. The minimum Gasteiger partial charge on any atom is -0.469 e. The molecule has 2 bridgehead atoms. The molecule has 0 amide bonds. The maximum atomic E-state index is 12.8. The molecule has 3 aliphatic carbocycles. The summed E-state index contributed by atoms with van der Waals surface area (Å²) >= 11 is 0. The third-order valence-electron chi connectivity index (χ3n) is 8.33. The lowest BCUT2D eigenvalue weighted by atomic mass is 9.41. The molecule has 3 fully saturated rings. The third kappa shape index (κ3) is 1.86. The predicted octanol–water partition coefficient (Wildman–Crippen LogP) is 3.43. The molecule has 4 aliphatic rings. The number of aliphatic hydroxyl groups excluding tert-OH is 1. The Bertz CT molecular complexity index is 712. The molecule has 1 aromatic rings. The second-order valence-electron chi connectivity index (χ2n) is 9.02. The molecule has 0 aromatic carbocycles. The molecule has 5 rings (SSSR count). The topological polar surface area (TPSA) is 68.9 Å². The van der Waals surface area contributed by atoms with Crippen LogP contribution in [0.25, 0.3) is 0 Å². The molecule has 1 N–H and O–H groups in total. The van der Waals surface area contributed by atoms with Gasteiger partial charge in [-0.05, 0) is 55.1 Å². The van der Waals surface area contributed by atoms with Crippen molar-refractivity contribution >= 4 is 5.97 Å². The first-order chi connectivity index (χ1) is 12.5. The van der Waals surface area contributed by atoms with Crippen molar-refractivity contribution in [1.82, 2.24) is 0 Å². The van der Waals surface area contributed by atoms with E-state index in [-0.39, 0.29) is 23.2 Å². The number of furan rings is 1. The van der Waals surface area contributed by atoms with Crippen LogP contribution in [0.4, 0.5) is 0 Å². The van der Waals surface area contributed by atoms with Gasteiger partial charge in [-0.1, -0.05) is 13.3 Å². The summed E-state index contributed by atoms with van der Waals surface area (Å²) in [5.74, 6) is 1.68. The first-order valence-corrected chi connectivity index (χ1v) is 9.97. The van der Waals surface area contributed by atoms with Crippen molar-refractivity contribution in [2.24, 2.45) is 28.6 Å². The molecule has 1 aromatic heterocycles. The van der Waals surface area contributed by atoms with Crippen molar-refractivity contribution in [3.8, 4) is 0 Å². The number of aliphatic hydroxyl groups is 1. The summed E-state index contributed by atoms with van der Waals surface area (Å²) < 4.78 is 17.0. The van der Waals surface area contributed by atoms with Gasteiger partial charge >= 0.3 is 5.97 Å². The Balaban J connectivity index is 1.63. The van der Waals surface area contributed by atoms with Crippen LogP contribution in [0.3, 0.4) is 0 Å². The molecule has 1 aliphatic heterocycles. The smallest absolute Gasteiger partial charge is 0.314 e. The van der Waals surface area contributed by atoms with Gasteiger partial charge in [-0.15, -0.1) is 0 Å². The van der Waals surface area contributed by atoms with E-state index in [0.717, 1.165) is 43.4 Å². The van der Waals surface area contributed by atoms with Crippen LogP contribution in [0.1, 0.15) is 62.4 Å². The summed E-state index contributed by atoms with van der Waals surface area (Å²) in [6, 6.07) is 2.01. The molecule has 1 saturated heterocycles. The molecule has 7 unspecified atom stereocenters. The fourth-order valence-corrected chi connectivity index (χ4v) is 7.38. The van der Waals surface area contributed by atoms with Gasteiger partial charge in [0, 0.05) is 11.3 Å². The number of esters is 1. The SMILES string of the molecule is COC(=O)C12CCCC3(COC1)C1C(O)c4occc4C(C)C1CCC23. The van der Waals surface area contributed by atoms with Gasteiger partial charge in [-0.3, -0.25) is 4.79 Å². The second kappa shape index (κ2) is 5.59. The molecule has 142 valence electrons. The fourth-order valence-electron chi connectivity index (χ4n) is 7.38. The zero-order valence-corrected chi connectivity index (χ0v) is 15.6. The number of hydrogen-bond donors (Lipinski definition) is 1. The molecular formula is C21H28O5. The zero-order valence-electron chi connectivity index (χ0n) is 15.6. The highest BCUT2D eigenvalue weighted by molar-refractivity contribution is 5.78. The highest BCUT2D eigenvalue weighted by atomic mass is 16.5. The Morgan fingerprint density at radius 1 is 1.31 bits per heavy atom. The van der Waals surface area contributed by atoms with E-state index in [4.69, 9.17) is 13.9 Å². The van der Waals surface area contributed by atoms with E-state index in [0.29, 0.717) is 25.0 Å². The van der Waals surface area contributed by atoms with Crippen LogP contribution in [0, 0.1) is 28.6 Å². The monoisotopic (exact) mass is 360 g/mol. The zero-order chi connectivity index (χ0) is 18.1. The fraction of sp³-hybridized carbons (Fsp3) is 0.762. The van der Waals surface area contributed by atoms with Crippen LogP contribution in [0.15, 0.2) is 16.7 Å². The van der Waals surface area contributed by atoms with Crippen LogP contribution in [0.2, 0.25) is 0 Å². The van der Waals surface area contributed by atoms with Crippen LogP contribution >= 0.6 is 0 Å². The van der Waals surface area contributed by atoms with Gasteiger partial charge in [0.1, 0.15) is 11.9 Å². The largest absolute Gasteiger partial charge is 0.469 e. The Hall–Kier alpha value is -1.33. The maximum absolute atomic E-state index is 12.8. The normalized spacial score (nSPS) is 46.7. The number of carbonyl (C=O) groups excluding carboxylic acids is 1. The van der Waals surface area contributed by atoms with E-state index in [1.54, 1.807) is 6.26 Å². The molecule has 26 heavy (non-hydrogen) atoms. The molecule has 0 radical (unpaired) electrons. The molecule has 5 heteroatoms. The summed E-state index contributed by atoms with van der Waals surface area (Å²) in [5.41, 5.74) is 0.453. The van der Waals surface area contributed by atoms with Crippen LogP contribution in [0.5, 0.6) is 0 Å². The Morgan fingerprint density at radius 3 is 2.96 bits per heavy atom. The van der Waals surface area contributed by atoms with E-state index < -0.39 is 11.5 Å². The highest BCUT2D eigenvalue weighted by Crippen LogP contribution is 2.69. The molecule has 2 saturated carbocycles. The summed E-state index contributed by atoms with van der Waals surface area (Å²) in [5, 5.41) is 11.3. The number of fused-ring (bicyclic) bond motifs is 2. The third-order valence-corrected chi connectivity index (χ3v) is 8.33. The number of ether oxygens (including phenoxy) is 2. The van der Waals surface area contributed by atoms with Crippen LogP contribution in [-0.4, -0.2) is 31.4 Å². The number of methoxy groups -OCH3 is 1. The lowest BCUT2D eigenvalue weighted by Gasteiger charge is -2.65. The summed E-state index contributed by atoms with van der Waals surface area (Å²) in [7, 11) is 1.49. The maximum Gasteiger partial charge on any atom is 0.314 e. The van der Waals surface area contributed by atoms with Crippen LogP contribution < -0.4 is 0 Å². The first-order valence-electron chi connectivity index (χ1n) is 9.97. The Morgan fingerprint density at radius 2 is 2.15 bits per heavy atom. The number of rotatable bonds is 1. The summed E-state index contributed by atoms with van der Waals surface area (Å²) in [4.78, 5) is 12.8. The quantitative estimate of drug-likeness (QED) is 0.777. The van der Waals surface area contributed by atoms with Gasteiger partial charge < -0.3 is 19.0 Å². The minimum absolute atomic E-state index is 0.0829. The van der Waals surface area contributed by atoms with Gasteiger partial charge in [0.05, 0.1) is 32.0 Å². The minimum atomic E-state index is -0.612. The second-order valence-corrected chi connectivity index (χ2v) is 9.02. The van der Waals surface area contributed by atoms with Crippen molar-refractivity contribution in [2.45, 2.75) is 51.0 Å². The van der Waals surface area contributed by atoms with Gasteiger partial charge in [-0.25, -0.2) is 0 Å². The number of carbonyl (C=O) groups is 1. The molecule has 0 spiro atoms. The van der Waals surface area contributed by atoms with Gasteiger partial charge in [0.25, 0.3) is 0 Å². The summed E-state index contributed by atoms with van der Waals surface area (Å²) in [6.07, 6.45) is 5.98. The average Bonchev–Trinajstić information content (AvgIpc) is 3.14. The van der Waals surface area contributed by atoms with Crippen LogP contribution in [-0.2, 0) is 14.3 Å². The highest BCUT2D eigenvalue weighted by Gasteiger charge is 2.68. The van der Waals surface area contributed by atoms with E-state index in [1.807, 2.05) is 6.07 Å². The van der Waals surface area contributed by atoms with E-state index in [2.05, 4.69) is 6.92 Å². The van der Waals surface area contributed by atoms with Crippen molar-refractivity contribution in [3.63, 3.8) is 0 Å². The predicted molar refractivity (Wildman–Crippen MR) is 93.3 cm³/mol. The molecular weight excluding hydrogens is 332 g/mol. The lowest BCUT2D eigenvalue weighted by Crippen LogP contribution is -2.65. The van der Waals surface area contributed by atoms with E-state index in [1.165, 1.54) is 7.11 Å². The van der Waals surface area contributed by atoms with E-state index >= 15 is 0 Å². The average molecular weight is 360 g/mol. The molecule has 5 nitrogen and oxygen atoms in total. The van der Waals surface area contributed by atoms with Crippen molar-refractivity contribution in [2.75, 3.05) is 20.3 Å². The van der Waals surface area contributed by atoms with Crippen molar-refractivity contribution in [3.05, 3.63) is 23.7 Å². The van der Waals surface area contributed by atoms with Gasteiger partial charge in [-0.2, -0.15) is 0 Å². The van der Waals surface area contributed by atoms with Gasteiger partial charge in [0.15, 0.2) is 0 Å². The van der Waals surface area contributed by atoms with E-state index in [9.17, 15) is 9.90 Å². The Kier molecular flexibility index (Phi) is 3.61. The standard InChI is InChI=1S/C21H28O5/c1-12-13-4-5-15-20(16(13)17(22)18-14(12)6-9-26-18)7-3-8-21(15,11-25-10-20)19(23)24-2/h6,9,12-13,15-17,22H,3-5,7-8,10-11H2,1-2H3. The number of hydrogen-bond acceptors (Lipinski definition) is 5. The molecule has 2 heterocycles. The first kappa shape index (κ1) is 16.8. The van der Waals surface area contributed by atoms with Crippen molar-refractivity contribution in [1.29, 1.82) is 0 Å². The Labute approximate surface area is 154 Å². The lowest BCUT2D eigenvalue weighted by molar-refractivity contribution is -0.248. The van der Waals surface area contributed by atoms with Gasteiger partial charge in [0.2, 0.25) is 0 Å².